The van der Waals surface area contributed by atoms with E-state index in [2.05, 4.69) is 37.1 Å². The molecular formula is C25H30ClN5OS. The molecule has 2 aromatic carbocycles. The van der Waals surface area contributed by atoms with Crippen LogP contribution in [0.3, 0.4) is 0 Å². The van der Waals surface area contributed by atoms with Gasteiger partial charge in [-0.05, 0) is 63.0 Å². The van der Waals surface area contributed by atoms with Crippen molar-refractivity contribution in [3.05, 3.63) is 70.5 Å². The quantitative estimate of drug-likeness (QED) is 0.435. The second-order valence-electron chi connectivity index (χ2n) is 8.52. The Bertz CT molecular complexity index is 1080. The molecule has 1 aliphatic rings. The summed E-state index contributed by atoms with van der Waals surface area (Å²) >= 11 is 7.54. The van der Waals surface area contributed by atoms with Gasteiger partial charge in [0, 0.05) is 10.7 Å². The Hall–Kier alpha value is -2.35. The summed E-state index contributed by atoms with van der Waals surface area (Å²) in [6.45, 7) is 7.50. The predicted molar refractivity (Wildman–Crippen MR) is 135 cm³/mol. The van der Waals surface area contributed by atoms with Gasteiger partial charge in [0.15, 0.2) is 5.16 Å². The third-order valence-corrected chi connectivity index (χ3v) is 7.22. The first kappa shape index (κ1) is 23.8. The van der Waals surface area contributed by atoms with Crippen LogP contribution in [-0.4, -0.2) is 43.9 Å². The zero-order valence-electron chi connectivity index (χ0n) is 19.1. The molecule has 174 valence electrons. The average molecular weight is 484 g/mol. The molecule has 2 heterocycles. The Labute approximate surface area is 204 Å². The summed E-state index contributed by atoms with van der Waals surface area (Å²) in [5.74, 6) is 0.860. The van der Waals surface area contributed by atoms with Gasteiger partial charge >= 0.3 is 0 Å². The van der Waals surface area contributed by atoms with Gasteiger partial charge in [-0.15, -0.1) is 10.2 Å². The minimum atomic E-state index is -0.343. The molecule has 3 aromatic rings. The fourth-order valence-corrected chi connectivity index (χ4v) is 4.98. The molecule has 1 fully saturated rings. The average Bonchev–Trinajstić information content (AvgIpc) is 3.18. The monoisotopic (exact) mass is 483 g/mol. The Balaban J connectivity index is 1.51. The van der Waals surface area contributed by atoms with Gasteiger partial charge in [0.05, 0.1) is 18.3 Å². The molecule has 1 saturated heterocycles. The number of rotatable bonds is 8. The molecule has 1 N–H and O–H groups in total. The highest BCUT2D eigenvalue weighted by Gasteiger charge is 2.22. The Morgan fingerprint density at radius 1 is 1.09 bits per heavy atom. The molecule has 0 aliphatic carbocycles. The number of hydrogen-bond acceptors (Lipinski definition) is 5. The number of nitrogens with zero attached hydrogens (tertiary/aromatic N) is 4. The van der Waals surface area contributed by atoms with Crippen LogP contribution in [0.15, 0.2) is 53.7 Å². The number of halogens is 1. The van der Waals surface area contributed by atoms with Crippen LogP contribution in [0.1, 0.15) is 43.1 Å². The van der Waals surface area contributed by atoms with Crippen LogP contribution in [-0.2, 0) is 17.9 Å². The summed E-state index contributed by atoms with van der Waals surface area (Å²) in [6.07, 6.45) is 3.76. The topological polar surface area (TPSA) is 63.1 Å². The van der Waals surface area contributed by atoms with E-state index in [4.69, 9.17) is 11.6 Å². The number of hydrogen-bond donors (Lipinski definition) is 1. The standard InChI is InChI=1S/C25H30ClN5OS/c1-18-11-12-21(26)15-22(18)27-24(32)19(2)33-25-29-28-23(17-30-13-7-4-8-14-30)31(25)16-20-9-5-3-6-10-20/h3,5-6,9-12,15,19H,4,7-8,13-14,16-17H2,1-2H3,(H,27,32). The van der Waals surface area contributed by atoms with Gasteiger partial charge in [0.1, 0.15) is 5.82 Å². The number of aromatic nitrogens is 3. The smallest absolute Gasteiger partial charge is 0.237 e. The van der Waals surface area contributed by atoms with Crippen molar-refractivity contribution in [3.8, 4) is 0 Å². The van der Waals surface area contributed by atoms with Gasteiger partial charge in [-0.1, -0.05) is 66.2 Å². The van der Waals surface area contributed by atoms with Crippen LogP contribution in [0.4, 0.5) is 5.69 Å². The van der Waals surface area contributed by atoms with Crippen molar-refractivity contribution in [2.75, 3.05) is 18.4 Å². The number of amides is 1. The van der Waals surface area contributed by atoms with Crippen molar-refractivity contribution in [1.29, 1.82) is 0 Å². The van der Waals surface area contributed by atoms with E-state index in [9.17, 15) is 4.79 Å². The summed E-state index contributed by atoms with van der Waals surface area (Å²) in [6, 6.07) is 15.8. The third kappa shape index (κ3) is 6.37. The van der Waals surface area contributed by atoms with Gasteiger partial charge in [-0.25, -0.2) is 0 Å². The second kappa shape index (κ2) is 11.2. The van der Waals surface area contributed by atoms with E-state index in [1.54, 1.807) is 6.07 Å². The minimum absolute atomic E-state index is 0.0859. The van der Waals surface area contributed by atoms with Crippen molar-refractivity contribution in [1.82, 2.24) is 19.7 Å². The Morgan fingerprint density at radius 3 is 2.61 bits per heavy atom. The molecule has 1 aliphatic heterocycles. The van der Waals surface area contributed by atoms with Crippen molar-refractivity contribution in [3.63, 3.8) is 0 Å². The molecular weight excluding hydrogens is 454 g/mol. The molecule has 0 saturated carbocycles. The van der Waals surface area contributed by atoms with Crippen molar-refractivity contribution in [2.24, 2.45) is 0 Å². The molecule has 33 heavy (non-hydrogen) atoms. The molecule has 1 unspecified atom stereocenters. The molecule has 1 atom stereocenters. The zero-order chi connectivity index (χ0) is 23.2. The van der Waals surface area contributed by atoms with E-state index in [0.717, 1.165) is 41.9 Å². The van der Waals surface area contributed by atoms with Gasteiger partial charge in [-0.2, -0.15) is 0 Å². The molecule has 1 amide bonds. The molecule has 6 nitrogen and oxygen atoms in total. The van der Waals surface area contributed by atoms with Crippen molar-refractivity contribution >= 4 is 35.0 Å². The first-order valence-electron chi connectivity index (χ1n) is 11.4. The first-order chi connectivity index (χ1) is 16.0. The van der Waals surface area contributed by atoms with Gasteiger partial charge < -0.3 is 9.88 Å². The fourth-order valence-electron chi connectivity index (χ4n) is 3.94. The molecule has 1 aromatic heterocycles. The SMILES string of the molecule is Cc1ccc(Cl)cc1NC(=O)C(C)Sc1nnc(CN2CCCCC2)n1Cc1ccccc1. The highest BCUT2D eigenvalue weighted by molar-refractivity contribution is 8.00. The van der Waals surface area contributed by atoms with E-state index in [-0.39, 0.29) is 11.2 Å². The van der Waals surface area contributed by atoms with Gasteiger partial charge in [0.25, 0.3) is 0 Å². The van der Waals surface area contributed by atoms with E-state index < -0.39 is 0 Å². The summed E-state index contributed by atoms with van der Waals surface area (Å²) in [4.78, 5) is 15.4. The lowest BCUT2D eigenvalue weighted by molar-refractivity contribution is -0.115. The number of nitrogens with one attached hydrogen (secondary N) is 1. The van der Waals surface area contributed by atoms with E-state index in [1.807, 2.05) is 44.2 Å². The van der Waals surface area contributed by atoms with E-state index >= 15 is 0 Å². The number of piperidine rings is 1. The third-order valence-electron chi connectivity index (χ3n) is 5.90. The highest BCUT2D eigenvalue weighted by Crippen LogP contribution is 2.27. The van der Waals surface area contributed by atoms with Crippen LogP contribution in [0.5, 0.6) is 0 Å². The molecule has 4 rings (SSSR count). The van der Waals surface area contributed by atoms with Crippen LogP contribution >= 0.6 is 23.4 Å². The number of thioether (sulfide) groups is 1. The van der Waals surface area contributed by atoms with Crippen LogP contribution in [0.2, 0.25) is 5.02 Å². The molecule has 0 spiro atoms. The maximum atomic E-state index is 12.9. The lowest BCUT2D eigenvalue weighted by Crippen LogP contribution is -2.30. The summed E-state index contributed by atoms with van der Waals surface area (Å²) < 4.78 is 2.16. The van der Waals surface area contributed by atoms with Crippen molar-refractivity contribution < 1.29 is 4.79 Å². The van der Waals surface area contributed by atoms with Crippen molar-refractivity contribution in [2.45, 2.75) is 56.6 Å². The summed E-state index contributed by atoms with van der Waals surface area (Å²) in [5.41, 5.74) is 2.89. The van der Waals surface area contributed by atoms with Crippen LogP contribution in [0, 0.1) is 6.92 Å². The number of benzene rings is 2. The fraction of sp³-hybridized carbons (Fsp3) is 0.400. The number of anilines is 1. The predicted octanol–water partition coefficient (Wildman–Crippen LogP) is 5.39. The van der Waals surface area contributed by atoms with Gasteiger partial charge in [0.2, 0.25) is 5.91 Å². The zero-order valence-corrected chi connectivity index (χ0v) is 20.7. The largest absolute Gasteiger partial charge is 0.325 e. The first-order valence-corrected chi connectivity index (χ1v) is 12.7. The van der Waals surface area contributed by atoms with E-state index in [1.165, 1.54) is 36.6 Å². The summed E-state index contributed by atoms with van der Waals surface area (Å²) in [7, 11) is 0. The molecule has 8 heteroatoms. The Kier molecular flexibility index (Phi) is 8.06. The summed E-state index contributed by atoms with van der Waals surface area (Å²) in [5, 5.41) is 13.0. The molecule has 0 bridgehead atoms. The van der Waals surface area contributed by atoms with Crippen LogP contribution < -0.4 is 5.32 Å². The normalized spacial score (nSPS) is 15.4. The van der Waals surface area contributed by atoms with Crippen LogP contribution in [0.25, 0.3) is 0 Å². The van der Waals surface area contributed by atoms with Gasteiger partial charge in [-0.3, -0.25) is 9.69 Å². The Morgan fingerprint density at radius 2 is 1.85 bits per heavy atom. The number of aryl methyl sites for hydroxylation is 1. The minimum Gasteiger partial charge on any atom is -0.325 e. The molecule has 0 radical (unpaired) electrons. The number of carbonyl (C=O) groups excluding carboxylic acids is 1. The van der Waals surface area contributed by atoms with E-state index in [0.29, 0.717) is 11.6 Å². The maximum Gasteiger partial charge on any atom is 0.237 e. The number of likely N-dealkylation sites (tertiary alicyclic amines) is 1. The lowest BCUT2D eigenvalue weighted by atomic mass is 10.1. The number of carbonyl (C=O) groups is 1. The highest BCUT2D eigenvalue weighted by atomic mass is 35.5. The second-order valence-corrected chi connectivity index (χ2v) is 10.3. The lowest BCUT2D eigenvalue weighted by Gasteiger charge is -2.26. The maximum absolute atomic E-state index is 12.9.